The number of amides is 1. The molecule has 0 unspecified atom stereocenters. The highest BCUT2D eigenvalue weighted by Crippen LogP contribution is 2.36. The van der Waals surface area contributed by atoms with Crippen LogP contribution in [0.1, 0.15) is 16.1 Å². The van der Waals surface area contributed by atoms with Gasteiger partial charge in [0.15, 0.2) is 11.5 Å². The molecule has 6 nitrogen and oxygen atoms in total. The van der Waals surface area contributed by atoms with Gasteiger partial charge < -0.3 is 20.1 Å². The standard InChI is InChI=1S/C15H17N3O3S/c1-16-5-2-6-17-14(19)13-8-18-15(22-13)10-3-4-11-12(7-10)21-9-20-11/h3-4,7-8,16H,2,5-6,9H2,1H3,(H,17,19). The maximum atomic E-state index is 12.0. The Kier molecular flexibility index (Phi) is 4.55. The van der Waals surface area contributed by atoms with Gasteiger partial charge in [-0.25, -0.2) is 4.98 Å². The molecule has 0 spiro atoms. The third-order valence-electron chi connectivity index (χ3n) is 3.24. The molecule has 0 saturated heterocycles. The molecule has 0 radical (unpaired) electrons. The van der Waals surface area contributed by atoms with Crippen LogP contribution in [0.4, 0.5) is 0 Å². The molecule has 1 aromatic heterocycles. The molecule has 3 rings (SSSR count). The van der Waals surface area contributed by atoms with Gasteiger partial charge in [-0.3, -0.25) is 4.79 Å². The lowest BCUT2D eigenvalue weighted by Gasteiger charge is -2.02. The van der Waals surface area contributed by atoms with Crippen molar-refractivity contribution in [3.8, 4) is 22.1 Å². The van der Waals surface area contributed by atoms with Gasteiger partial charge in [0.1, 0.15) is 9.88 Å². The molecule has 1 aromatic carbocycles. The zero-order valence-electron chi connectivity index (χ0n) is 12.2. The smallest absolute Gasteiger partial charge is 0.263 e. The lowest BCUT2D eigenvalue weighted by Crippen LogP contribution is -2.25. The summed E-state index contributed by atoms with van der Waals surface area (Å²) >= 11 is 1.37. The first kappa shape index (κ1) is 14.8. The van der Waals surface area contributed by atoms with Crippen molar-refractivity contribution in [3.63, 3.8) is 0 Å². The van der Waals surface area contributed by atoms with Gasteiger partial charge in [-0.2, -0.15) is 0 Å². The van der Waals surface area contributed by atoms with Crippen LogP contribution in [0.5, 0.6) is 11.5 Å². The second-order valence-corrected chi connectivity index (χ2v) is 5.84. The Morgan fingerprint density at radius 2 is 2.18 bits per heavy atom. The molecule has 2 aromatic rings. The number of nitrogens with zero attached hydrogens (tertiary/aromatic N) is 1. The molecule has 1 aliphatic heterocycles. The highest BCUT2D eigenvalue weighted by Gasteiger charge is 2.16. The minimum absolute atomic E-state index is 0.0828. The molecule has 7 heteroatoms. The number of ether oxygens (including phenoxy) is 2. The van der Waals surface area contributed by atoms with Crippen LogP contribution in [-0.4, -0.2) is 37.8 Å². The normalized spacial score (nSPS) is 12.4. The number of hydrogen-bond acceptors (Lipinski definition) is 6. The van der Waals surface area contributed by atoms with Crippen molar-refractivity contribution in [2.45, 2.75) is 6.42 Å². The van der Waals surface area contributed by atoms with Crippen molar-refractivity contribution < 1.29 is 14.3 Å². The second-order valence-electron chi connectivity index (χ2n) is 4.81. The van der Waals surface area contributed by atoms with Gasteiger partial charge in [-0.15, -0.1) is 11.3 Å². The number of thiazole rings is 1. The summed E-state index contributed by atoms with van der Waals surface area (Å²) < 4.78 is 10.6. The fraction of sp³-hybridized carbons (Fsp3) is 0.333. The van der Waals surface area contributed by atoms with Gasteiger partial charge in [0.25, 0.3) is 5.91 Å². The van der Waals surface area contributed by atoms with E-state index in [1.165, 1.54) is 11.3 Å². The molecule has 0 saturated carbocycles. The number of benzene rings is 1. The third kappa shape index (κ3) is 3.20. The van der Waals surface area contributed by atoms with Crippen molar-refractivity contribution in [2.75, 3.05) is 26.9 Å². The Morgan fingerprint density at radius 3 is 3.05 bits per heavy atom. The predicted molar refractivity (Wildman–Crippen MR) is 84.5 cm³/mol. The van der Waals surface area contributed by atoms with E-state index in [1.54, 1.807) is 6.20 Å². The van der Waals surface area contributed by atoms with E-state index < -0.39 is 0 Å². The van der Waals surface area contributed by atoms with Crippen molar-refractivity contribution >= 4 is 17.2 Å². The SMILES string of the molecule is CNCCCNC(=O)c1cnc(-c2ccc3c(c2)OCO3)s1. The lowest BCUT2D eigenvalue weighted by molar-refractivity contribution is 0.0957. The molecule has 0 fully saturated rings. The molecule has 1 aliphatic rings. The summed E-state index contributed by atoms with van der Waals surface area (Å²) in [5.41, 5.74) is 0.920. The molecule has 22 heavy (non-hydrogen) atoms. The van der Waals surface area contributed by atoms with E-state index in [2.05, 4.69) is 15.6 Å². The Hall–Kier alpha value is -2.12. The zero-order valence-corrected chi connectivity index (χ0v) is 13.0. The Labute approximate surface area is 132 Å². The lowest BCUT2D eigenvalue weighted by atomic mass is 10.2. The van der Waals surface area contributed by atoms with Crippen LogP contribution in [0.2, 0.25) is 0 Å². The largest absolute Gasteiger partial charge is 0.454 e. The molecule has 116 valence electrons. The fourth-order valence-electron chi connectivity index (χ4n) is 2.10. The summed E-state index contributed by atoms with van der Waals surface area (Å²) in [7, 11) is 1.89. The Bertz CT molecular complexity index is 672. The van der Waals surface area contributed by atoms with Crippen LogP contribution >= 0.6 is 11.3 Å². The maximum absolute atomic E-state index is 12.0. The molecule has 0 bridgehead atoms. The summed E-state index contributed by atoms with van der Waals surface area (Å²) in [4.78, 5) is 17.0. The van der Waals surface area contributed by atoms with Gasteiger partial charge in [-0.05, 0) is 38.2 Å². The highest BCUT2D eigenvalue weighted by atomic mass is 32.1. The van der Waals surface area contributed by atoms with Gasteiger partial charge in [0.05, 0.1) is 6.20 Å². The van der Waals surface area contributed by atoms with Gasteiger partial charge >= 0.3 is 0 Å². The third-order valence-corrected chi connectivity index (χ3v) is 4.28. The van der Waals surface area contributed by atoms with Gasteiger partial charge in [0.2, 0.25) is 6.79 Å². The van der Waals surface area contributed by atoms with E-state index >= 15 is 0 Å². The average molecular weight is 319 g/mol. The minimum Gasteiger partial charge on any atom is -0.454 e. The quantitative estimate of drug-likeness (QED) is 0.795. The van der Waals surface area contributed by atoms with Crippen molar-refractivity contribution in [2.24, 2.45) is 0 Å². The van der Waals surface area contributed by atoms with E-state index in [0.29, 0.717) is 17.2 Å². The highest BCUT2D eigenvalue weighted by molar-refractivity contribution is 7.16. The number of carbonyl (C=O) groups excluding carboxylic acids is 1. The predicted octanol–water partition coefficient (Wildman–Crippen LogP) is 1.88. The van der Waals surface area contributed by atoms with Crippen LogP contribution < -0.4 is 20.1 Å². The average Bonchev–Trinajstić information content (AvgIpc) is 3.19. The number of carbonyl (C=O) groups is 1. The Morgan fingerprint density at radius 1 is 1.32 bits per heavy atom. The maximum Gasteiger partial charge on any atom is 0.263 e. The number of fused-ring (bicyclic) bond motifs is 1. The van der Waals surface area contributed by atoms with Crippen molar-refractivity contribution in [1.82, 2.24) is 15.6 Å². The van der Waals surface area contributed by atoms with Crippen LogP contribution in [-0.2, 0) is 0 Å². The van der Waals surface area contributed by atoms with Crippen LogP contribution in [0.15, 0.2) is 24.4 Å². The second kappa shape index (κ2) is 6.76. The Balaban J connectivity index is 1.67. The van der Waals surface area contributed by atoms with E-state index in [9.17, 15) is 4.79 Å². The van der Waals surface area contributed by atoms with Gasteiger partial charge in [0, 0.05) is 12.1 Å². The van der Waals surface area contributed by atoms with Gasteiger partial charge in [-0.1, -0.05) is 0 Å². The molecular formula is C15H17N3O3S. The minimum atomic E-state index is -0.0828. The van der Waals surface area contributed by atoms with E-state index in [0.717, 1.165) is 29.3 Å². The molecule has 2 N–H and O–H groups in total. The summed E-state index contributed by atoms with van der Waals surface area (Å²) in [5.74, 6) is 1.37. The number of hydrogen-bond donors (Lipinski definition) is 2. The van der Waals surface area contributed by atoms with Crippen LogP contribution in [0.3, 0.4) is 0 Å². The first-order chi connectivity index (χ1) is 10.8. The van der Waals surface area contributed by atoms with Crippen LogP contribution in [0.25, 0.3) is 10.6 Å². The van der Waals surface area contributed by atoms with E-state index in [1.807, 2.05) is 25.2 Å². The topological polar surface area (TPSA) is 72.5 Å². The van der Waals surface area contributed by atoms with Crippen molar-refractivity contribution in [3.05, 3.63) is 29.3 Å². The molecule has 0 aliphatic carbocycles. The monoisotopic (exact) mass is 319 g/mol. The molecular weight excluding hydrogens is 302 g/mol. The fourth-order valence-corrected chi connectivity index (χ4v) is 2.93. The number of aromatic nitrogens is 1. The first-order valence-corrected chi connectivity index (χ1v) is 7.88. The summed E-state index contributed by atoms with van der Waals surface area (Å²) in [6.07, 6.45) is 2.51. The number of nitrogens with one attached hydrogen (secondary N) is 2. The van der Waals surface area contributed by atoms with E-state index in [-0.39, 0.29) is 12.7 Å². The first-order valence-electron chi connectivity index (χ1n) is 7.06. The molecule has 0 atom stereocenters. The molecule has 2 heterocycles. The molecule has 1 amide bonds. The van der Waals surface area contributed by atoms with Crippen LogP contribution in [0, 0.1) is 0 Å². The van der Waals surface area contributed by atoms with Crippen molar-refractivity contribution in [1.29, 1.82) is 0 Å². The zero-order chi connectivity index (χ0) is 15.4. The summed E-state index contributed by atoms with van der Waals surface area (Å²) in [6, 6.07) is 5.66. The summed E-state index contributed by atoms with van der Waals surface area (Å²) in [6.45, 7) is 1.78. The van der Waals surface area contributed by atoms with E-state index in [4.69, 9.17) is 9.47 Å². The summed E-state index contributed by atoms with van der Waals surface area (Å²) in [5, 5.41) is 6.72. The number of rotatable bonds is 6.